The molecule has 0 bridgehead atoms. The van der Waals surface area contributed by atoms with Gasteiger partial charge in [-0.05, 0) is 53.4 Å². The van der Waals surface area contributed by atoms with Gasteiger partial charge in [-0.1, -0.05) is 6.92 Å². The first kappa shape index (κ1) is 12.9. The topological polar surface area (TPSA) is 32.5 Å². The lowest BCUT2D eigenvalue weighted by molar-refractivity contribution is 0.123. The number of likely N-dealkylation sites (tertiary alicyclic amines) is 1. The zero-order chi connectivity index (χ0) is 11.5. The average Bonchev–Trinajstić information content (AvgIpc) is 2.18. The number of hydrogen-bond acceptors (Lipinski definition) is 3. The normalized spacial score (nSPS) is 24.4. The van der Waals surface area contributed by atoms with E-state index in [-0.39, 0.29) is 5.54 Å². The van der Waals surface area contributed by atoms with Gasteiger partial charge in [0, 0.05) is 18.1 Å². The highest BCUT2D eigenvalue weighted by molar-refractivity contribution is 4.84. The highest BCUT2D eigenvalue weighted by atomic mass is 15.2. The molecule has 0 aromatic heterocycles. The molecule has 1 atom stereocenters. The van der Waals surface area contributed by atoms with Gasteiger partial charge in [-0.15, -0.1) is 0 Å². The molecule has 1 unspecified atom stereocenters. The van der Waals surface area contributed by atoms with Crippen LogP contribution in [0.4, 0.5) is 0 Å². The Labute approximate surface area is 94.6 Å². The summed E-state index contributed by atoms with van der Waals surface area (Å²) in [7, 11) is 4.42. The van der Waals surface area contributed by atoms with Crippen LogP contribution in [-0.2, 0) is 0 Å². The molecule has 2 N–H and O–H groups in total. The fourth-order valence-corrected chi connectivity index (χ4v) is 2.25. The number of rotatable bonds is 4. The van der Waals surface area contributed by atoms with Crippen molar-refractivity contribution in [2.24, 2.45) is 5.73 Å². The van der Waals surface area contributed by atoms with E-state index in [4.69, 9.17) is 5.73 Å². The zero-order valence-electron chi connectivity index (χ0n) is 10.8. The number of piperidine rings is 1. The van der Waals surface area contributed by atoms with Crippen LogP contribution in [-0.4, -0.2) is 55.1 Å². The highest BCUT2D eigenvalue weighted by Gasteiger charge is 2.25. The summed E-state index contributed by atoms with van der Waals surface area (Å²) in [6.07, 6.45) is 3.61. The molecule has 0 aliphatic carbocycles. The molecule has 0 spiro atoms. The van der Waals surface area contributed by atoms with Gasteiger partial charge in [0.2, 0.25) is 0 Å². The summed E-state index contributed by atoms with van der Waals surface area (Å²) in [6.45, 7) is 7.78. The molecule has 3 nitrogen and oxygen atoms in total. The van der Waals surface area contributed by atoms with E-state index in [1.807, 2.05) is 0 Å². The maximum absolute atomic E-state index is 6.20. The van der Waals surface area contributed by atoms with E-state index in [1.54, 1.807) is 0 Å². The van der Waals surface area contributed by atoms with Crippen LogP contribution in [0.5, 0.6) is 0 Å². The van der Waals surface area contributed by atoms with Crippen molar-refractivity contribution in [2.75, 3.05) is 33.7 Å². The monoisotopic (exact) mass is 213 g/mol. The van der Waals surface area contributed by atoms with E-state index >= 15 is 0 Å². The lowest BCUT2D eigenvalue weighted by atomic mass is 9.97. The summed E-state index contributed by atoms with van der Waals surface area (Å²) >= 11 is 0. The predicted molar refractivity (Wildman–Crippen MR) is 66.0 cm³/mol. The van der Waals surface area contributed by atoms with Crippen molar-refractivity contribution in [3.63, 3.8) is 0 Å². The van der Waals surface area contributed by atoms with Crippen LogP contribution in [0, 0.1) is 0 Å². The Balaban J connectivity index is 2.37. The van der Waals surface area contributed by atoms with Gasteiger partial charge in [-0.3, -0.25) is 0 Å². The maximum Gasteiger partial charge on any atom is 0.0252 e. The maximum atomic E-state index is 6.20. The minimum Gasteiger partial charge on any atom is -0.324 e. The molecule has 3 heteroatoms. The lowest BCUT2D eigenvalue weighted by Gasteiger charge is -2.38. The van der Waals surface area contributed by atoms with Gasteiger partial charge in [0.05, 0.1) is 0 Å². The summed E-state index contributed by atoms with van der Waals surface area (Å²) in [6, 6.07) is 0.732. The molecule has 1 fully saturated rings. The first-order chi connectivity index (χ1) is 6.94. The molecule has 1 aliphatic rings. The summed E-state index contributed by atoms with van der Waals surface area (Å²) < 4.78 is 0. The average molecular weight is 213 g/mol. The van der Waals surface area contributed by atoms with E-state index in [0.29, 0.717) is 0 Å². The second-order valence-corrected chi connectivity index (χ2v) is 5.46. The Bertz CT molecular complexity index is 183. The third kappa shape index (κ3) is 4.09. The molecule has 1 rings (SSSR count). The Hall–Kier alpha value is -0.120. The van der Waals surface area contributed by atoms with Crippen molar-refractivity contribution in [1.29, 1.82) is 0 Å². The van der Waals surface area contributed by atoms with E-state index < -0.39 is 0 Å². The standard InChI is InChI=1S/C12H27N3/c1-5-12(2,13)10-15(4)11-6-8-14(3)9-7-11/h11H,5-10,13H2,1-4H3. The van der Waals surface area contributed by atoms with Crippen LogP contribution in [0.2, 0.25) is 0 Å². The third-order valence-electron chi connectivity index (χ3n) is 3.73. The van der Waals surface area contributed by atoms with Gasteiger partial charge < -0.3 is 15.5 Å². The van der Waals surface area contributed by atoms with Gasteiger partial charge in [0.1, 0.15) is 0 Å². The highest BCUT2D eigenvalue weighted by Crippen LogP contribution is 2.16. The van der Waals surface area contributed by atoms with E-state index in [1.165, 1.54) is 25.9 Å². The van der Waals surface area contributed by atoms with E-state index in [0.717, 1.165) is 19.0 Å². The molecule has 0 aromatic carbocycles. The summed E-state index contributed by atoms with van der Waals surface area (Å²) in [5, 5.41) is 0. The van der Waals surface area contributed by atoms with Gasteiger partial charge in [-0.2, -0.15) is 0 Å². The molecule has 1 heterocycles. The number of nitrogens with two attached hydrogens (primary N) is 1. The van der Waals surface area contributed by atoms with Crippen molar-refractivity contribution in [2.45, 2.75) is 44.7 Å². The summed E-state index contributed by atoms with van der Waals surface area (Å²) in [5.41, 5.74) is 6.17. The van der Waals surface area contributed by atoms with Crippen LogP contribution in [0.15, 0.2) is 0 Å². The molecule has 1 aliphatic heterocycles. The molecule has 0 amide bonds. The summed E-state index contributed by atoms with van der Waals surface area (Å²) in [4.78, 5) is 4.86. The van der Waals surface area contributed by atoms with Crippen LogP contribution in [0.3, 0.4) is 0 Å². The minimum atomic E-state index is -0.0297. The lowest BCUT2D eigenvalue weighted by Crippen LogP contribution is -2.51. The Morgan fingerprint density at radius 3 is 2.40 bits per heavy atom. The van der Waals surface area contributed by atoms with Crippen molar-refractivity contribution >= 4 is 0 Å². The fraction of sp³-hybridized carbons (Fsp3) is 1.00. The molecule has 90 valence electrons. The Morgan fingerprint density at radius 2 is 1.93 bits per heavy atom. The van der Waals surface area contributed by atoms with Crippen LogP contribution in [0.1, 0.15) is 33.1 Å². The van der Waals surface area contributed by atoms with E-state index in [2.05, 4.69) is 37.7 Å². The number of hydrogen-bond donors (Lipinski definition) is 1. The van der Waals surface area contributed by atoms with Crippen molar-refractivity contribution in [3.8, 4) is 0 Å². The fourth-order valence-electron chi connectivity index (χ4n) is 2.25. The SMILES string of the molecule is CCC(C)(N)CN(C)C1CCN(C)CC1. The quantitative estimate of drug-likeness (QED) is 0.760. The molecule has 0 aromatic rings. The summed E-state index contributed by atoms with van der Waals surface area (Å²) in [5.74, 6) is 0. The van der Waals surface area contributed by atoms with Gasteiger partial charge in [-0.25, -0.2) is 0 Å². The Morgan fingerprint density at radius 1 is 1.40 bits per heavy atom. The van der Waals surface area contributed by atoms with Crippen molar-refractivity contribution < 1.29 is 0 Å². The number of nitrogens with zero attached hydrogens (tertiary/aromatic N) is 2. The Kier molecular flexibility index (Phi) is 4.56. The molecule has 0 radical (unpaired) electrons. The molecule has 0 saturated carbocycles. The van der Waals surface area contributed by atoms with Crippen molar-refractivity contribution in [1.82, 2.24) is 9.80 Å². The van der Waals surface area contributed by atoms with Gasteiger partial charge in [0.15, 0.2) is 0 Å². The number of likely N-dealkylation sites (N-methyl/N-ethyl adjacent to an activating group) is 1. The van der Waals surface area contributed by atoms with Crippen molar-refractivity contribution in [3.05, 3.63) is 0 Å². The third-order valence-corrected chi connectivity index (χ3v) is 3.73. The second kappa shape index (κ2) is 5.28. The minimum absolute atomic E-state index is 0.0297. The predicted octanol–water partition coefficient (Wildman–Crippen LogP) is 1.14. The van der Waals surface area contributed by atoms with E-state index in [9.17, 15) is 0 Å². The second-order valence-electron chi connectivity index (χ2n) is 5.46. The van der Waals surface area contributed by atoms with Crippen LogP contribution < -0.4 is 5.73 Å². The smallest absolute Gasteiger partial charge is 0.0252 e. The van der Waals surface area contributed by atoms with Crippen LogP contribution in [0.25, 0.3) is 0 Å². The zero-order valence-corrected chi connectivity index (χ0v) is 10.8. The molecular weight excluding hydrogens is 186 g/mol. The van der Waals surface area contributed by atoms with Crippen LogP contribution >= 0.6 is 0 Å². The molecule has 1 saturated heterocycles. The molecule has 15 heavy (non-hydrogen) atoms. The van der Waals surface area contributed by atoms with Gasteiger partial charge in [0.25, 0.3) is 0 Å². The largest absolute Gasteiger partial charge is 0.324 e. The van der Waals surface area contributed by atoms with Gasteiger partial charge >= 0.3 is 0 Å². The first-order valence-corrected chi connectivity index (χ1v) is 6.12. The first-order valence-electron chi connectivity index (χ1n) is 6.12. The molecular formula is C12H27N3.